The standard InChI is InChI=1S/C10H11N5O2S/c16-9(17)3-7-5-18-10(12-7)14-1-2-15-6-11-13-8(15)4-14/h5-6H,1-4H2,(H,16,17). The van der Waals surface area contributed by atoms with Crippen LogP contribution < -0.4 is 4.90 Å². The quantitative estimate of drug-likeness (QED) is 0.863. The van der Waals surface area contributed by atoms with E-state index in [-0.39, 0.29) is 6.42 Å². The van der Waals surface area contributed by atoms with E-state index in [0.717, 1.165) is 24.0 Å². The molecule has 3 rings (SSSR count). The molecule has 0 aliphatic carbocycles. The predicted octanol–water partition coefficient (Wildman–Crippen LogP) is 0.382. The van der Waals surface area contributed by atoms with E-state index >= 15 is 0 Å². The number of hydrogen-bond acceptors (Lipinski definition) is 6. The van der Waals surface area contributed by atoms with Crippen molar-refractivity contribution >= 4 is 22.4 Å². The molecule has 1 N–H and O–H groups in total. The van der Waals surface area contributed by atoms with Crippen LogP contribution in [0.2, 0.25) is 0 Å². The molecule has 7 nitrogen and oxygen atoms in total. The van der Waals surface area contributed by atoms with Gasteiger partial charge in [-0.2, -0.15) is 0 Å². The van der Waals surface area contributed by atoms with Crippen molar-refractivity contribution in [2.45, 2.75) is 19.5 Å². The number of carboxylic acids is 1. The number of aromatic nitrogens is 4. The van der Waals surface area contributed by atoms with E-state index in [1.165, 1.54) is 11.3 Å². The van der Waals surface area contributed by atoms with Crippen molar-refractivity contribution in [1.82, 2.24) is 19.7 Å². The lowest BCUT2D eigenvalue weighted by atomic mass is 10.3. The molecule has 3 heterocycles. The van der Waals surface area contributed by atoms with E-state index in [1.54, 1.807) is 11.7 Å². The summed E-state index contributed by atoms with van der Waals surface area (Å²) >= 11 is 1.47. The van der Waals surface area contributed by atoms with Crippen LogP contribution >= 0.6 is 11.3 Å². The molecular formula is C10H11N5O2S. The highest BCUT2D eigenvalue weighted by Gasteiger charge is 2.20. The first-order valence-electron chi connectivity index (χ1n) is 5.50. The number of fused-ring (bicyclic) bond motifs is 1. The monoisotopic (exact) mass is 265 g/mol. The van der Waals surface area contributed by atoms with Crippen molar-refractivity contribution in [1.29, 1.82) is 0 Å². The van der Waals surface area contributed by atoms with E-state index in [1.807, 2.05) is 4.57 Å². The second kappa shape index (κ2) is 4.37. The Balaban J connectivity index is 1.76. The van der Waals surface area contributed by atoms with Crippen molar-refractivity contribution < 1.29 is 9.90 Å². The average molecular weight is 265 g/mol. The van der Waals surface area contributed by atoms with Gasteiger partial charge in [0.2, 0.25) is 0 Å². The van der Waals surface area contributed by atoms with Crippen LogP contribution in [0.4, 0.5) is 5.13 Å². The van der Waals surface area contributed by atoms with Gasteiger partial charge in [-0.15, -0.1) is 21.5 Å². The lowest BCUT2D eigenvalue weighted by Crippen LogP contribution is -2.33. The third-order valence-electron chi connectivity index (χ3n) is 2.78. The molecule has 1 aliphatic rings. The minimum atomic E-state index is -0.856. The third-order valence-corrected chi connectivity index (χ3v) is 3.73. The Kier molecular flexibility index (Phi) is 2.71. The number of aliphatic carboxylic acids is 1. The number of nitrogens with zero attached hydrogens (tertiary/aromatic N) is 5. The Morgan fingerprint density at radius 2 is 2.39 bits per heavy atom. The van der Waals surface area contributed by atoms with E-state index in [4.69, 9.17) is 5.11 Å². The van der Waals surface area contributed by atoms with Gasteiger partial charge in [-0.05, 0) is 0 Å². The van der Waals surface area contributed by atoms with Gasteiger partial charge in [0.25, 0.3) is 0 Å². The van der Waals surface area contributed by atoms with Gasteiger partial charge < -0.3 is 14.6 Å². The second-order valence-corrected chi connectivity index (χ2v) is 4.89. The molecule has 2 aromatic heterocycles. The van der Waals surface area contributed by atoms with E-state index in [2.05, 4.69) is 20.1 Å². The first kappa shape index (κ1) is 11.1. The number of hydrogen-bond donors (Lipinski definition) is 1. The number of carboxylic acid groups (broad SMARTS) is 1. The molecule has 1 aliphatic heterocycles. The predicted molar refractivity (Wildman–Crippen MR) is 64.5 cm³/mol. The molecule has 0 atom stereocenters. The van der Waals surface area contributed by atoms with Gasteiger partial charge in [-0.1, -0.05) is 0 Å². The Morgan fingerprint density at radius 1 is 1.50 bits per heavy atom. The maximum atomic E-state index is 10.6. The minimum absolute atomic E-state index is 0.0273. The van der Waals surface area contributed by atoms with Gasteiger partial charge in [-0.25, -0.2) is 4.98 Å². The van der Waals surface area contributed by atoms with Gasteiger partial charge in [0.15, 0.2) is 11.0 Å². The Labute approximate surface area is 107 Å². The number of thiazole rings is 1. The first-order chi connectivity index (χ1) is 8.72. The number of carbonyl (C=O) groups is 1. The summed E-state index contributed by atoms with van der Waals surface area (Å²) in [6, 6.07) is 0. The van der Waals surface area contributed by atoms with Gasteiger partial charge in [0.05, 0.1) is 18.7 Å². The molecule has 0 aromatic carbocycles. The minimum Gasteiger partial charge on any atom is -0.481 e. The van der Waals surface area contributed by atoms with E-state index < -0.39 is 5.97 Å². The van der Waals surface area contributed by atoms with Crippen molar-refractivity contribution in [3.8, 4) is 0 Å². The zero-order chi connectivity index (χ0) is 12.5. The number of rotatable bonds is 3. The average Bonchev–Trinajstić information content (AvgIpc) is 2.95. The Morgan fingerprint density at radius 3 is 3.22 bits per heavy atom. The fourth-order valence-electron chi connectivity index (χ4n) is 1.91. The topological polar surface area (TPSA) is 84.1 Å². The molecular weight excluding hydrogens is 254 g/mol. The second-order valence-electron chi connectivity index (χ2n) is 4.05. The fourth-order valence-corrected chi connectivity index (χ4v) is 2.76. The molecule has 8 heteroatoms. The molecule has 94 valence electrons. The van der Waals surface area contributed by atoms with Crippen LogP contribution in [0, 0.1) is 0 Å². The molecule has 0 bridgehead atoms. The lowest BCUT2D eigenvalue weighted by molar-refractivity contribution is -0.136. The van der Waals surface area contributed by atoms with Crippen molar-refractivity contribution in [2.75, 3.05) is 11.4 Å². The van der Waals surface area contributed by atoms with Gasteiger partial charge in [0.1, 0.15) is 6.33 Å². The molecule has 18 heavy (non-hydrogen) atoms. The van der Waals surface area contributed by atoms with Crippen LogP contribution in [-0.4, -0.2) is 37.4 Å². The maximum absolute atomic E-state index is 10.6. The summed E-state index contributed by atoms with van der Waals surface area (Å²) in [6.07, 6.45) is 1.70. The SMILES string of the molecule is O=C(O)Cc1csc(N2CCn3cnnc3C2)n1. The molecule has 2 aromatic rings. The van der Waals surface area contributed by atoms with Crippen LogP contribution in [0.1, 0.15) is 11.5 Å². The molecule has 0 saturated carbocycles. The first-order valence-corrected chi connectivity index (χ1v) is 6.38. The van der Waals surface area contributed by atoms with Gasteiger partial charge in [0, 0.05) is 18.5 Å². The van der Waals surface area contributed by atoms with Crippen LogP contribution in [0.5, 0.6) is 0 Å². The molecule has 0 radical (unpaired) electrons. The van der Waals surface area contributed by atoms with Crippen LogP contribution in [-0.2, 0) is 24.3 Å². The van der Waals surface area contributed by atoms with Crippen molar-refractivity contribution in [2.24, 2.45) is 0 Å². The summed E-state index contributed by atoms with van der Waals surface area (Å²) < 4.78 is 2.02. The summed E-state index contributed by atoms with van der Waals surface area (Å²) in [7, 11) is 0. The fraction of sp³-hybridized carbons (Fsp3) is 0.400. The van der Waals surface area contributed by atoms with Gasteiger partial charge in [-0.3, -0.25) is 4.79 Å². The third kappa shape index (κ3) is 2.06. The van der Waals surface area contributed by atoms with E-state index in [9.17, 15) is 4.79 Å². The van der Waals surface area contributed by atoms with Gasteiger partial charge >= 0.3 is 5.97 Å². The normalized spacial score (nSPS) is 14.6. The zero-order valence-corrected chi connectivity index (χ0v) is 10.3. The Hall–Kier alpha value is -1.96. The molecule has 0 saturated heterocycles. The summed E-state index contributed by atoms with van der Waals surface area (Å²) in [5.74, 6) is 0.0569. The summed E-state index contributed by atoms with van der Waals surface area (Å²) in [4.78, 5) is 17.0. The zero-order valence-electron chi connectivity index (χ0n) is 9.48. The van der Waals surface area contributed by atoms with Crippen molar-refractivity contribution in [3.05, 3.63) is 23.2 Å². The highest BCUT2D eigenvalue weighted by Crippen LogP contribution is 2.24. The summed E-state index contributed by atoms with van der Waals surface area (Å²) in [5.41, 5.74) is 0.606. The summed E-state index contributed by atoms with van der Waals surface area (Å²) in [6.45, 7) is 2.33. The van der Waals surface area contributed by atoms with E-state index in [0.29, 0.717) is 12.2 Å². The molecule has 0 unspecified atom stereocenters. The van der Waals surface area contributed by atoms with Crippen molar-refractivity contribution in [3.63, 3.8) is 0 Å². The highest BCUT2D eigenvalue weighted by atomic mass is 32.1. The summed E-state index contributed by atoms with van der Waals surface area (Å²) in [5, 5.41) is 19.3. The molecule has 0 fully saturated rings. The maximum Gasteiger partial charge on any atom is 0.309 e. The molecule has 0 spiro atoms. The largest absolute Gasteiger partial charge is 0.481 e. The smallest absolute Gasteiger partial charge is 0.309 e. The molecule has 0 amide bonds. The number of anilines is 1. The van der Waals surface area contributed by atoms with Crippen LogP contribution in [0.15, 0.2) is 11.7 Å². The van der Waals surface area contributed by atoms with Crippen LogP contribution in [0.3, 0.4) is 0 Å². The van der Waals surface area contributed by atoms with Crippen LogP contribution in [0.25, 0.3) is 0 Å². The highest BCUT2D eigenvalue weighted by molar-refractivity contribution is 7.13. The lowest BCUT2D eigenvalue weighted by Gasteiger charge is -2.26. The Bertz CT molecular complexity index is 578.